The molecule has 17 heavy (non-hydrogen) atoms. The molecule has 6 heteroatoms. The van der Waals surface area contributed by atoms with Crippen LogP contribution in [0.2, 0.25) is 0 Å². The Hall–Kier alpha value is -1.40. The first-order valence-electron chi connectivity index (χ1n) is 5.51. The second-order valence-corrected chi connectivity index (χ2v) is 5.03. The molecule has 1 amide bonds. The number of aliphatic hydroxyl groups is 1. The summed E-state index contributed by atoms with van der Waals surface area (Å²) in [7, 11) is 0. The van der Waals surface area contributed by atoms with Crippen LogP contribution >= 0.6 is 0 Å². The first-order valence-corrected chi connectivity index (χ1v) is 5.51. The van der Waals surface area contributed by atoms with E-state index in [1.807, 2.05) is 20.8 Å². The maximum atomic E-state index is 11.7. The summed E-state index contributed by atoms with van der Waals surface area (Å²) in [6, 6.07) is -0.514. The van der Waals surface area contributed by atoms with Crippen molar-refractivity contribution in [1.82, 2.24) is 14.9 Å². The molecule has 0 aromatic carbocycles. The molecule has 0 saturated carbocycles. The van der Waals surface area contributed by atoms with E-state index < -0.39 is 6.04 Å². The standard InChI is InChI=1S/C11H20N4O2/c1-11(2,3)14-10(17)5-15-7-13-4-9(15)8(12)6-16/h4,7-8,16H,5-6,12H2,1-3H3,(H,14,17). The molecule has 1 aromatic heterocycles. The highest BCUT2D eigenvalue weighted by molar-refractivity contribution is 5.76. The number of aromatic nitrogens is 2. The second kappa shape index (κ2) is 5.29. The molecule has 0 saturated heterocycles. The molecule has 0 fully saturated rings. The van der Waals surface area contributed by atoms with Gasteiger partial charge in [0.05, 0.1) is 24.7 Å². The molecular formula is C11H20N4O2. The summed E-state index contributed by atoms with van der Waals surface area (Å²) in [5, 5.41) is 11.8. The van der Waals surface area contributed by atoms with E-state index in [0.717, 1.165) is 0 Å². The number of aliphatic hydroxyl groups excluding tert-OH is 1. The number of rotatable bonds is 4. The molecule has 1 unspecified atom stereocenters. The number of carbonyl (C=O) groups excluding carboxylic acids is 1. The van der Waals surface area contributed by atoms with Crippen molar-refractivity contribution in [3.63, 3.8) is 0 Å². The number of nitrogens with one attached hydrogen (secondary N) is 1. The van der Waals surface area contributed by atoms with Gasteiger partial charge in [-0.25, -0.2) is 4.98 Å². The normalized spacial score (nSPS) is 13.5. The third-order valence-corrected chi connectivity index (χ3v) is 2.15. The molecule has 1 atom stereocenters. The minimum atomic E-state index is -0.514. The summed E-state index contributed by atoms with van der Waals surface area (Å²) in [6.07, 6.45) is 3.10. The fourth-order valence-electron chi connectivity index (χ4n) is 1.48. The Morgan fingerprint density at radius 3 is 2.82 bits per heavy atom. The molecule has 0 bridgehead atoms. The average molecular weight is 240 g/mol. The molecule has 96 valence electrons. The van der Waals surface area contributed by atoms with Crippen LogP contribution in [0.25, 0.3) is 0 Å². The Kier molecular flexibility index (Phi) is 4.25. The van der Waals surface area contributed by atoms with Crippen molar-refractivity contribution in [1.29, 1.82) is 0 Å². The van der Waals surface area contributed by atoms with E-state index in [1.54, 1.807) is 10.8 Å². The van der Waals surface area contributed by atoms with Crippen molar-refractivity contribution in [3.05, 3.63) is 18.2 Å². The van der Waals surface area contributed by atoms with E-state index in [1.165, 1.54) is 6.33 Å². The minimum absolute atomic E-state index is 0.109. The Morgan fingerprint density at radius 2 is 2.29 bits per heavy atom. The Balaban J connectivity index is 2.69. The van der Waals surface area contributed by atoms with Crippen molar-refractivity contribution < 1.29 is 9.90 Å². The highest BCUT2D eigenvalue weighted by Gasteiger charge is 2.16. The maximum absolute atomic E-state index is 11.7. The van der Waals surface area contributed by atoms with Crippen LogP contribution in [0.5, 0.6) is 0 Å². The number of hydrogen-bond acceptors (Lipinski definition) is 4. The van der Waals surface area contributed by atoms with Crippen LogP contribution in [-0.4, -0.2) is 32.7 Å². The fourth-order valence-corrected chi connectivity index (χ4v) is 1.48. The molecule has 6 nitrogen and oxygen atoms in total. The summed E-state index contributed by atoms with van der Waals surface area (Å²) in [5.41, 5.74) is 6.08. The second-order valence-electron chi connectivity index (χ2n) is 5.03. The number of imidazole rings is 1. The van der Waals surface area contributed by atoms with E-state index in [-0.39, 0.29) is 24.6 Å². The highest BCUT2D eigenvalue weighted by Crippen LogP contribution is 2.09. The van der Waals surface area contributed by atoms with Gasteiger partial charge in [-0.3, -0.25) is 4.79 Å². The van der Waals surface area contributed by atoms with Crippen LogP contribution in [0, 0.1) is 0 Å². The van der Waals surface area contributed by atoms with Crippen LogP contribution < -0.4 is 11.1 Å². The van der Waals surface area contributed by atoms with Gasteiger partial charge in [0, 0.05) is 11.7 Å². The lowest BCUT2D eigenvalue weighted by Gasteiger charge is -2.21. The molecule has 0 aliphatic carbocycles. The topological polar surface area (TPSA) is 93.2 Å². The third-order valence-electron chi connectivity index (χ3n) is 2.15. The lowest BCUT2D eigenvalue weighted by atomic mass is 10.1. The molecule has 0 aliphatic heterocycles. The van der Waals surface area contributed by atoms with Crippen molar-refractivity contribution in [2.24, 2.45) is 5.73 Å². The van der Waals surface area contributed by atoms with Gasteiger partial charge >= 0.3 is 0 Å². The highest BCUT2D eigenvalue weighted by atomic mass is 16.3. The molecule has 0 aliphatic rings. The Bertz CT molecular complexity index is 381. The first kappa shape index (κ1) is 13.7. The predicted octanol–water partition coefficient (Wildman–Crippen LogP) is -0.210. The molecule has 1 heterocycles. The van der Waals surface area contributed by atoms with Crippen LogP contribution in [0.15, 0.2) is 12.5 Å². The van der Waals surface area contributed by atoms with Crippen LogP contribution in [-0.2, 0) is 11.3 Å². The van der Waals surface area contributed by atoms with Gasteiger partial charge in [-0.1, -0.05) is 0 Å². The SMILES string of the molecule is CC(C)(C)NC(=O)Cn1cncc1C(N)CO. The van der Waals surface area contributed by atoms with E-state index in [0.29, 0.717) is 5.69 Å². The lowest BCUT2D eigenvalue weighted by molar-refractivity contribution is -0.123. The summed E-state index contributed by atoms with van der Waals surface area (Å²) in [5.74, 6) is -0.109. The summed E-state index contributed by atoms with van der Waals surface area (Å²) in [6.45, 7) is 5.73. The Labute approximate surface area is 101 Å². The van der Waals surface area contributed by atoms with Gasteiger partial charge < -0.3 is 20.7 Å². The Morgan fingerprint density at radius 1 is 1.65 bits per heavy atom. The van der Waals surface area contributed by atoms with Crippen molar-refractivity contribution in [3.8, 4) is 0 Å². The van der Waals surface area contributed by atoms with Gasteiger partial charge in [0.15, 0.2) is 0 Å². The van der Waals surface area contributed by atoms with Gasteiger partial charge in [0.2, 0.25) is 5.91 Å². The zero-order chi connectivity index (χ0) is 13.1. The average Bonchev–Trinajstić information content (AvgIpc) is 2.61. The first-order chi connectivity index (χ1) is 7.83. The molecule has 0 radical (unpaired) electrons. The molecule has 4 N–H and O–H groups in total. The molecule has 0 spiro atoms. The van der Waals surface area contributed by atoms with E-state index >= 15 is 0 Å². The summed E-state index contributed by atoms with van der Waals surface area (Å²) < 4.78 is 1.64. The number of carbonyl (C=O) groups is 1. The van der Waals surface area contributed by atoms with E-state index in [9.17, 15) is 4.79 Å². The quantitative estimate of drug-likeness (QED) is 0.679. The molecule has 1 aromatic rings. The minimum Gasteiger partial charge on any atom is -0.394 e. The molecular weight excluding hydrogens is 220 g/mol. The summed E-state index contributed by atoms with van der Waals surface area (Å²) in [4.78, 5) is 15.7. The van der Waals surface area contributed by atoms with Crippen molar-refractivity contribution in [2.75, 3.05) is 6.61 Å². The van der Waals surface area contributed by atoms with Crippen LogP contribution in [0.1, 0.15) is 32.5 Å². The van der Waals surface area contributed by atoms with E-state index in [2.05, 4.69) is 10.3 Å². The zero-order valence-electron chi connectivity index (χ0n) is 10.5. The van der Waals surface area contributed by atoms with Gasteiger partial charge in [0.25, 0.3) is 0 Å². The van der Waals surface area contributed by atoms with E-state index in [4.69, 9.17) is 10.8 Å². The van der Waals surface area contributed by atoms with Gasteiger partial charge in [0.1, 0.15) is 6.54 Å². The van der Waals surface area contributed by atoms with Gasteiger partial charge in [-0.15, -0.1) is 0 Å². The van der Waals surface area contributed by atoms with Crippen LogP contribution in [0.3, 0.4) is 0 Å². The monoisotopic (exact) mass is 240 g/mol. The fraction of sp³-hybridized carbons (Fsp3) is 0.636. The number of nitrogens with zero attached hydrogens (tertiary/aromatic N) is 2. The molecule has 1 rings (SSSR count). The lowest BCUT2D eigenvalue weighted by Crippen LogP contribution is -2.42. The maximum Gasteiger partial charge on any atom is 0.240 e. The number of nitrogens with two attached hydrogens (primary N) is 1. The van der Waals surface area contributed by atoms with Crippen LogP contribution in [0.4, 0.5) is 0 Å². The predicted molar refractivity (Wildman–Crippen MR) is 64.1 cm³/mol. The van der Waals surface area contributed by atoms with Crippen molar-refractivity contribution >= 4 is 5.91 Å². The van der Waals surface area contributed by atoms with Crippen molar-refractivity contribution in [2.45, 2.75) is 38.9 Å². The zero-order valence-corrected chi connectivity index (χ0v) is 10.5. The number of hydrogen-bond donors (Lipinski definition) is 3. The largest absolute Gasteiger partial charge is 0.394 e. The third kappa shape index (κ3) is 4.16. The van der Waals surface area contributed by atoms with Gasteiger partial charge in [-0.2, -0.15) is 0 Å². The summed E-state index contributed by atoms with van der Waals surface area (Å²) >= 11 is 0. The smallest absolute Gasteiger partial charge is 0.240 e. The van der Waals surface area contributed by atoms with Gasteiger partial charge in [-0.05, 0) is 20.8 Å². The number of amides is 1.